The number of fused-ring (bicyclic) bond motifs is 1. The van der Waals surface area contributed by atoms with E-state index in [-0.39, 0.29) is 5.91 Å². The van der Waals surface area contributed by atoms with E-state index in [4.69, 9.17) is 32.7 Å². The molecule has 24 heavy (non-hydrogen) atoms. The van der Waals surface area contributed by atoms with Crippen molar-refractivity contribution in [3.63, 3.8) is 0 Å². The summed E-state index contributed by atoms with van der Waals surface area (Å²) in [6.07, 6.45) is 3.99. The number of ether oxygens (including phenoxy) is 2. The minimum atomic E-state index is -0.509. The fourth-order valence-electron chi connectivity index (χ4n) is 3.16. The second-order valence-corrected chi connectivity index (χ2v) is 6.91. The predicted molar refractivity (Wildman–Crippen MR) is 93.3 cm³/mol. The average molecular weight is 364 g/mol. The van der Waals surface area contributed by atoms with Crippen LogP contribution in [-0.4, -0.2) is 11.7 Å². The van der Waals surface area contributed by atoms with Crippen molar-refractivity contribution in [3.05, 3.63) is 52.0 Å². The highest BCUT2D eigenvalue weighted by molar-refractivity contribution is 6.37. The predicted octanol–water partition coefficient (Wildman–Crippen LogP) is 5.29. The molecule has 0 aromatic heterocycles. The molecule has 1 heterocycles. The van der Waals surface area contributed by atoms with Crippen molar-refractivity contribution in [1.29, 1.82) is 0 Å². The number of halogens is 2. The van der Waals surface area contributed by atoms with E-state index < -0.39 is 5.79 Å². The molecule has 0 atom stereocenters. The number of carbonyl (C=O) groups is 1. The Balaban J connectivity index is 1.53. The van der Waals surface area contributed by atoms with E-state index in [0.29, 0.717) is 27.0 Å². The first kappa shape index (κ1) is 15.6. The molecule has 1 spiro atoms. The van der Waals surface area contributed by atoms with Gasteiger partial charge in [-0.05, 0) is 43.2 Å². The van der Waals surface area contributed by atoms with Crippen molar-refractivity contribution in [1.82, 2.24) is 0 Å². The van der Waals surface area contributed by atoms with Gasteiger partial charge in [0.05, 0.1) is 10.6 Å². The standard InChI is InChI=1S/C18H15Cl2NO3/c19-11-3-5-13(14(20)9-11)17(22)21-12-4-6-15-16(10-12)24-18(23-15)7-1-2-8-18/h3-6,9-10H,1-2,7-8H2,(H,21,22). The fourth-order valence-corrected chi connectivity index (χ4v) is 3.66. The zero-order valence-corrected chi connectivity index (χ0v) is 14.3. The normalized spacial score (nSPS) is 17.2. The number of benzene rings is 2. The zero-order chi connectivity index (χ0) is 16.7. The Kier molecular flexibility index (Phi) is 3.82. The van der Waals surface area contributed by atoms with Gasteiger partial charge in [0, 0.05) is 29.6 Å². The summed E-state index contributed by atoms with van der Waals surface area (Å²) in [5.74, 6) is 0.576. The van der Waals surface area contributed by atoms with Gasteiger partial charge in [0.1, 0.15) is 0 Å². The summed E-state index contributed by atoms with van der Waals surface area (Å²) in [6, 6.07) is 10.2. The smallest absolute Gasteiger partial charge is 0.257 e. The summed E-state index contributed by atoms with van der Waals surface area (Å²) in [4.78, 5) is 12.4. The molecule has 4 nitrogen and oxygen atoms in total. The first-order valence-corrected chi connectivity index (χ1v) is 8.59. The van der Waals surface area contributed by atoms with E-state index in [2.05, 4.69) is 5.32 Å². The molecular formula is C18H15Cl2NO3. The van der Waals surface area contributed by atoms with Gasteiger partial charge in [-0.1, -0.05) is 23.2 Å². The van der Waals surface area contributed by atoms with Crippen LogP contribution < -0.4 is 14.8 Å². The van der Waals surface area contributed by atoms with Crippen LogP contribution in [0.5, 0.6) is 11.5 Å². The summed E-state index contributed by atoms with van der Waals surface area (Å²) in [5, 5.41) is 3.62. The van der Waals surface area contributed by atoms with Gasteiger partial charge in [0.15, 0.2) is 11.5 Å². The van der Waals surface area contributed by atoms with Gasteiger partial charge in [-0.2, -0.15) is 0 Å². The van der Waals surface area contributed by atoms with Crippen molar-refractivity contribution in [2.75, 3.05) is 5.32 Å². The number of nitrogens with one attached hydrogen (secondary N) is 1. The molecule has 4 rings (SSSR count). The SMILES string of the molecule is O=C(Nc1ccc2c(c1)OC1(CCCC1)O2)c1ccc(Cl)cc1Cl. The molecule has 124 valence electrons. The lowest BCUT2D eigenvalue weighted by Gasteiger charge is -2.21. The van der Waals surface area contributed by atoms with Gasteiger partial charge in [-0.15, -0.1) is 0 Å². The van der Waals surface area contributed by atoms with Gasteiger partial charge in [-0.3, -0.25) is 4.79 Å². The fraction of sp³-hybridized carbons (Fsp3) is 0.278. The summed E-state index contributed by atoms with van der Waals surface area (Å²) < 4.78 is 12.0. The third-order valence-corrected chi connectivity index (χ3v) is 4.88. The number of amides is 1. The van der Waals surface area contributed by atoms with Gasteiger partial charge < -0.3 is 14.8 Å². The van der Waals surface area contributed by atoms with Crippen LogP contribution in [0, 0.1) is 0 Å². The van der Waals surface area contributed by atoms with Gasteiger partial charge in [-0.25, -0.2) is 0 Å². The highest BCUT2D eigenvalue weighted by atomic mass is 35.5. The summed E-state index contributed by atoms with van der Waals surface area (Å²) in [7, 11) is 0. The molecule has 6 heteroatoms. The van der Waals surface area contributed by atoms with Crippen LogP contribution in [0.3, 0.4) is 0 Å². The maximum atomic E-state index is 12.4. The van der Waals surface area contributed by atoms with Crippen molar-refractivity contribution < 1.29 is 14.3 Å². The number of hydrogen-bond donors (Lipinski definition) is 1. The lowest BCUT2D eigenvalue weighted by Crippen LogP contribution is -2.34. The third-order valence-electron chi connectivity index (χ3n) is 4.33. The van der Waals surface area contributed by atoms with E-state index in [1.165, 1.54) is 0 Å². The van der Waals surface area contributed by atoms with Crippen LogP contribution in [0.4, 0.5) is 5.69 Å². The highest BCUT2D eigenvalue weighted by Crippen LogP contribution is 2.47. The van der Waals surface area contributed by atoms with E-state index in [1.54, 1.807) is 30.3 Å². The van der Waals surface area contributed by atoms with E-state index in [1.807, 2.05) is 6.07 Å². The Bertz CT molecular complexity index is 816. The summed E-state index contributed by atoms with van der Waals surface area (Å²) >= 11 is 11.9. The Morgan fingerprint density at radius 1 is 1.00 bits per heavy atom. The maximum Gasteiger partial charge on any atom is 0.257 e. The Morgan fingerprint density at radius 2 is 1.75 bits per heavy atom. The lowest BCUT2D eigenvalue weighted by atomic mass is 10.2. The zero-order valence-electron chi connectivity index (χ0n) is 12.8. The minimum absolute atomic E-state index is 0.300. The molecule has 1 N–H and O–H groups in total. The number of hydrogen-bond acceptors (Lipinski definition) is 3. The summed E-state index contributed by atoms with van der Waals surface area (Å²) in [6.45, 7) is 0. The van der Waals surface area contributed by atoms with E-state index in [0.717, 1.165) is 31.4 Å². The molecule has 1 saturated carbocycles. The molecular weight excluding hydrogens is 349 g/mol. The Morgan fingerprint density at radius 3 is 2.50 bits per heavy atom. The number of anilines is 1. The highest BCUT2D eigenvalue weighted by Gasteiger charge is 2.44. The maximum absolute atomic E-state index is 12.4. The molecule has 0 bridgehead atoms. The molecule has 1 aliphatic heterocycles. The van der Waals surface area contributed by atoms with Crippen LogP contribution >= 0.6 is 23.2 Å². The van der Waals surface area contributed by atoms with Crippen LogP contribution in [0.1, 0.15) is 36.0 Å². The molecule has 2 aromatic carbocycles. The molecule has 1 fully saturated rings. The Hall–Kier alpha value is -1.91. The van der Waals surface area contributed by atoms with Crippen LogP contribution in [0.15, 0.2) is 36.4 Å². The van der Waals surface area contributed by atoms with Gasteiger partial charge in [0.2, 0.25) is 0 Å². The minimum Gasteiger partial charge on any atom is -0.448 e. The van der Waals surface area contributed by atoms with Gasteiger partial charge in [0.25, 0.3) is 11.7 Å². The molecule has 1 amide bonds. The third kappa shape index (κ3) is 2.80. The molecule has 0 radical (unpaired) electrons. The molecule has 1 aliphatic carbocycles. The van der Waals surface area contributed by atoms with Crippen molar-refractivity contribution in [2.24, 2.45) is 0 Å². The second-order valence-electron chi connectivity index (χ2n) is 6.06. The molecule has 0 saturated heterocycles. The van der Waals surface area contributed by atoms with E-state index in [9.17, 15) is 4.79 Å². The van der Waals surface area contributed by atoms with Crippen molar-refractivity contribution in [3.8, 4) is 11.5 Å². The van der Waals surface area contributed by atoms with E-state index >= 15 is 0 Å². The van der Waals surface area contributed by atoms with Crippen molar-refractivity contribution in [2.45, 2.75) is 31.5 Å². The largest absolute Gasteiger partial charge is 0.448 e. The Labute approximate surface area is 149 Å². The number of carbonyl (C=O) groups excluding carboxylic acids is 1. The lowest BCUT2D eigenvalue weighted by molar-refractivity contribution is -0.0716. The molecule has 0 unspecified atom stereocenters. The summed E-state index contributed by atoms with van der Waals surface area (Å²) in [5.41, 5.74) is 0.995. The average Bonchev–Trinajstić information content (AvgIpc) is 3.13. The first-order valence-electron chi connectivity index (χ1n) is 7.83. The van der Waals surface area contributed by atoms with Crippen LogP contribution in [-0.2, 0) is 0 Å². The number of rotatable bonds is 2. The molecule has 2 aliphatic rings. The second kappa shape index (κ2) is 5.87. The van der Waals surface area contributed by atoms with Crippen LogP contribution in [0.2, 0.25) is 10.0 Å². The van der Waals surface area contributed by atoms with Gasteiger partial charge >= 0.3 is 0 Å². The first-order chi connectivity index (χ1) is 11.5. The monoisotopic (exact) mass is 363 g/mol. The van der Waals surface area contributed by atoms with Crippen LogP contribution in [0.25, 0.3) is 0 Å². The quantitative estimate of drug-likeness (QED) is 0.788. The van der Waals surface area contributed by atoms with Crippen molar-refractivity contribution >= 4 is 34.8 Å². The molecule has 2 aromatic rings. The topological polar surface area (TPSA) is 47.6 Å².